The van der Waals surface area contributed by atoms with Gasteiger partial charge in [0.2, 0.25) is 0 Å². The van der Waals surface area contributed by atoms with Crippen LogP contribution < -0.4 is 0 Å². The Kier molecular flexibility index (Phi) is 1.29. The monoisotopic (exact) mass is 172 g/mol. The van der Waals surface area contributed by atoms with E-state index in [0.717, 1.165) is 0 Å². The van der Waals surface area contributed by atoms with Crippen LogP contribution in [0.5, 0.6) is 0 Å². The summed E-state index contributed by atoms with van der Waals surface area (Å²) in [6, 6.07) is 0. The third-order valence-corrected chi connectivity index (χ3v) is 4.18. The fourth-order valence-electron chi connectivity index (χ4n) is 0.696. The van der Waals surface area contributed by atoms with E-state index in [-0.39, 0.29) is 5.92 Å². The Morgan fingerprint density at radius 1 is 1.25 bits per heavy atom. The first-order valence-electron chi connectivity index (χ1n) is 2.47. The van der Waals surface area contributed by atoms with E-state index in [2.05, 4.69) is 0 Å². The predicted molar refractivity (Wildman–Crippen MR) is 37.9 cm³/mol. The maximum Gasteiger partial charge on any atom is 0.141 e. The van der Waals surface area contributed by atoms with E-state index in [1.54, 1.807) is 0 Å². The normalized spacial score (nSPS) is 51.4. The molecule has 0 saturated heterocycles. The Hall–Kier alpha value is 0.870. The van der Waals surface area contributed by atoms with Crippen molar-refractivity contribution in [3.05, 3.63) is 0 Å². The van der Waals surface area contributed by atoms with E-state index in [0.29, 0.717) is 0 Å². The Labute approximate surface area is 64.1 Å². The van der Waals surface area contributed by atoms with Crippen LogP contribution in [-0.4, -0.2) is 9.21 Å². The van der Waals surface area contributed by atoms with E-state index >= 15 is 0 Å². The molecule has 0 aliphatic heterocycles. The first-order chi connectivity index (χ1) is 3.40. The molecule has 2 atom stereocenters. The van der Waals surface area contributed by atoms with E-state index < -0.39 is 9.21 Å². The zero-order chi connectivity index (χ0) is 6.58. The molecular formula is C5H7Cl3. The van der Waals surface area contributed by atoms with Gasteiger partial charge in [0.25, 0.3) is 0 Å². The van der Waals surface area contributed by atoms with E-state index in [1.165, 1.54) is 0 Å². The highest BCUT2D eigenvalue weighted by atomic mass is 35.5. The van der Waals surface area contributed by atoms with Crippen LogP contribution in [0.15, 0.2) is 0 Å². The summed E-state index contributed by atoms with van der Waals surface area (Å²) in [5.74, 6) is 0.208. The van der Waals surface area contributed by atoms with Gasteiger partial charge in [-0.15, -0.1) is 11.6 Å². The second-order valence-corrected chi connectivity index (χ2v) is 4.59. The van der Waals surface area contributed by atoms with Crippen molar-refractivity contribution >= 4 is 34.8 Å². The summed E-state index contributed by atoms with van der Waals surface area (Å²) in [6.07, 6.45) is 0. The average molecular weight is 173 g/mol. The van der Waals surface area contributed by atoms with Crippen LogP contribution >= 0.6 is 34.8 Å². The number of hydrogen-bond donors (Lipinski definition) is 0. The molecule has 0 heterocycles. The van der Waals surface area contributed by atoms with Gasteiger partial charge in [-0.25, -0.2) is 0 Å². The summed E-state index contributed by atoms with van der Waals surface area (Å²) in [6.45, 7) is 3.78. The molecule has 48 valence electrons. The van der Waals surface area contributed by atoms with Crippen molar-refractivity contribution in [1.29, 1.82) is 0 Å². The summed E-state index contributed by atoms with van der Waals surface area (Å²) >= 11 is 17.3. The lowest BCUT2D eigenvalue weighted by Crippen LogP contribution is -2.00. The van der Waals surface area contributed by atoms with Gasteiger partial charge in [-0.05, 0) is 6.92 Å². The second kappa shape index (κ2) is 1.47. The maximum absolute atomic E-state index is 5.82. The Morgan fingerprint density at radius 3 is 1.38 bits per heavy atom. The largest absolute Gasteiger partial charge is 0.141 e. The van der Waals surface area contributed by atoms with Gasteiger partial charge in [0.15, 0.2) is 0 Å². The number of halogens is 3. The smallest absolute Gasteiger partial charge is 0.116 e. The van der Waals surface area contributed by atoms with Gasteiger partial charge in [-0.1, -0.05) is 30.1 Å². The van der Waals surface area contributed by atoms with Crippen molar-refractivity contribution in [2.75, 3.05) is 0 Å². The molecule has 1 aliphatic carbocycles. The van der Waals surface area contributed by atoms with Crippen molar-refractivity contribution in [3.8, 4) is 0 Å². The van der Waals surface area contributed by atoms with Gasteiger partial charge >= 0.3 is 0 Å². The topological polar surface area (TPSA) is 0 Å². The zero-order valence-electron chi connectivity index (χ0n) is 4.71. The summed E-state index contributed by atoms with van der Waals surface area (Å²) in [5, 5.41) is 0. The highest BCUT2D eigenvalue weighted by molar-refractivity contribution is 6.58. The standard InChI is InChI=1S/C5H7Cl3/c1-3-4(2,6)5(3,7)8/h3H,1-2H3. The van der Waals surface area contributed by atoms with Crippen LogP contribution in [-0.2, 0) is 0 Å². The summed E-state index contributed by atoms with van der Waals surface area (Å²) in [7, 11) is 0. The molecule has 1 aliphatic rings. The van der Waals surface area contributed by atoms with Crippen LogP contribution in [0, 0.1) is 5.92 Å². The van der Waals surface area contributed by atoms with Crippen molar-refractivity contribution in [1.82, 2.24) is 0 Å². The van der Waals surface area contributed by atoms with Crippen LogP contribution in [0.25, 0.3) is 0 Å². The Bertz CT molecular complexity index is 103. The highest BCUT2D eigenvalue weighted by Gasteiger charge is 2.70. The molecule has 0 N–H and O–H groups in total. The van der Waals surface area contributed by atoms with Gasteiger partial charge in [-0.2, -0.15) is 0 Å². The summed E-state index contributed by atoms with van der Waals surface area (Å²) in [4.78, 5) is -0.393. The van der Waals surface area contributed by atoms with Crippen LogP contribution in [0.1, 0.15) is 13.8 Å². The number of hydrogen-bond acceptors (Lipinski definition) is 0. The lowest BCUT2D eigenvalue weighted by Gasteiger charge is -1.96. The van der Waals surface area contributed by atoms with E-state index in [4.69, 9.17) is 34.8 Å². The highest BCUT2D eigenvalue weighted by Crippen LogP contribution is 2.65. The molecule has 0 aromatic heterocycles. The SMILES string of the molecule is CC1C(C)(Cl)C1(Cl)Cl. The number of alkyl halides is 3. The minimum Gasteiger partial charge on any atom is -0.116 e. The third-order valence-electron chi connectivity index (χ3n) is 1.93. The van der Waals surface area contributed by atoms with Crippen molar-refractivity contribution in [2.24, 2.45) is 5.92 Å². The quantitative estimate of drug-likeness (QED) is 0.494. The lowest BCUT2D eigenvalue weighted by molar-refractivity contribution is 0.868. The molecule has 0 amide bonds. The van der Waals surface area contributed by atoms with Crippen LogP contribution in [0.2, 0.25) is 0 Å². The van der Waals surface area contributed by atoms with Crippen molar-refractivity contribution in [3.63, 3.8) is 0 Å². The lowest BCUT2D eigenvalue weighted by atomic mass is 10.4. The molecule has 0 aromatic carbocycles. The molecule has 2 unspecified atom stereocenters. The average Bonchev–Trinajstić information content (AvgIpc) is 1.88. The molecule has 1 saturated carbocycles. The molecule has 0 radical (unpaired) electrons. The minimum absolute atomic E-state index is 0.208. The fourth-order valence-corrected chi connectivity index (χ4v) is 1.73. The second-order valence-electron chi connectivity index (χ2n) is 2.42. The molecule has 1 fully saturated rings. The first kappa shape index (κ1) is 6.98. The van der Waals surface area contributed by atoms with Crippen LogP contribution in [0.4, 0.5) is 0 Å². The molecular weight excluding hydrogens is 166 g/mol. The summed E-state index contributed by atoms with van der Waals surface area (Å²) in [5.41, 5.74) is 0. The van der Waals surface area contributed by atoms with Gasteiger partial charge in [-0.3, -0.25) is 0 Å². The van der Waals surface area contributed by atoms with Crippen molar-refractivity contribution < 1.29 is 0 Å². The molecule has 0 spiro atoms. The van der Waals surface area contributed by atoms with Gasteiger partial charge in [0.05, 0.1) is 4.87 Å². The predicted octanol–water partition coefficient (Wildman–Crippen LogP) is 2.81. The van der Waals surface area contributed by atoms with Gasteiger partial charge < -0.3 is 0 Å². The third kappa shape index (κ3) is 0.600. The Morgan fingerprint density at radius 2 is 1.38 bits per heavy atom. The van der Waals surface area contributed by atoms with E-state index in [1.807, 2.05) is 13.8 Å². The fraction of sp³-hybridized carbons (Fsp3) is 1.00. The van der Waals surface area contributed by atoms with E-state index in [9.17, 15) is 0 Å². The Balaban J connectivity index is 2.72. The van der Waals surface area contributed by atoms with Crippen LogP contribution in [0.3, 0.4) is 0 Å². The maximum atomic E-state index is 5.82. The van der Waals surface area contributed by atoms with Crippen molar-refractivity contribution in [2.45, 2.75) is 23.1 Å². The minimum atomic E-state index is -0.686. The molecule has 0 aromatic rings. The molecule has 1 rings (SSSR count). The first-order valence-corrected chi connectivity index (χ1v) is 3.61. The summed E-state index contributed by atoms with van der Waals surface area (Å²) < 4.78 is -0.686. The molecule has 0 nitrogen and oxygen atoms in total. The van der Waals surface area contributed by atoms with Gasteiger partial charge in [0.1, 0.15) is 4.33 Å². The molecule has 0 bridgehead atoms. The number of rotatable bonds is 0. The molecule has 8 heavy (non-hydrogen) atoms. The molecule has 3 heteroatoms. The van der Waals surface area contributed by atoms with Gasteiger partial charge in [0, 0.05) is 5.92 Å². The zero-order valence-corrected chi connectivity index (χ0v) is 6.98.